The molecule has 0 bridgehead atoms. The van der Waals surface area contributed by atoms with E-state index in [2.05, 4.69) is 13.8 Å². The molecule has 0 aromatic carbocycles. The van der Waals surface area contributed by atoms with E-state index in [0.717, 1.165) is 262 Å². The molecule has 23 nitrogen and oxygen atoms in total. The standard InChI is InChI=1S/C29H44O6.C22H32O6.C21H30O5.C19H28O6/c1-29(2,19-5-9-21(10-6-19)32-27(30)17-3-13-23-25(15-17)34-23)20-7-11-22(12-8-20)33-28(31)18-4-14-24-26(16-18)35-24;23-21(15-5-7-17-19(9-15)27-17)25-11-13-1-2-14(4-3-13)12-26-22(24)16-6-8-18-20(10-16)28-18;22-20(13-2-1-12-9-15(12)10-13)24-16-4-6-17(7-5-16)25-21(23)14-3-8-18-19(11-14)26-18;1-3-13-15(24-13)5-11(1)17-20-7-19(8-21-17)9-22-18(23-10-19)12-2-4-14-16(6-12)25-14/h17-26H,3-16H2,1-2H3;13-20H,1-12H2;12-19H,1-11H2;11-18H,1-10H2. The molecule has 9 heterocycles. The average Bonchev–Trinajstić information content (AvgIpc) is 1.71. The summed E-state index contributed by atoms with van der Waals surface area (Å²) < 4.78 is 98.1. The molecule has 13 saturated carbocycles. The van der Waals surface area contributed by atoms with E-state index in [0.29, 0.717) is 161 Å². The van der Waals surface area contributed by atoms with Gasteiger partial charge in [0.15, 0.2) is 12.6 Å². The van der Waals surface area contributed by atoms with E-state index < -0.39 is 0 Å². The molecule has 22 rings (SSSR count). The summed E-state index contributed by atoms with van der Waals surface area (Å²) in [5.74, 6) is 5.21. The van der Waals surface area contributed by atoms with Gasteiger partial charge >= 0.3 is 35.8 Å². The Morgan fingerprint density at radius 2 is 0.526 bits per heavy atom. The molecule has 0 aromatic heterocycles. The lowest BCUT2D eigenvalue weighted by Crippen LogP contribution is -2.54. The van der Waals surface area contributed by atoms with Crippen LogP contribution in [0.1, 0.15) is 277 Å². The van der Waals surface area contributed by atoms with E-state index in [1.807, 2.05) is 0 Å². The first-order chi connectivity index (χ1) is 55.4. The molecule has 13 aliphatic carbocycles. The Balaban J connectivity index is 0.000000103. The molecule has 23 heteroatoms. The lowest BCUT2D eigenvalue weighted by molar-refractivity contribution is -0.320. The maximum absolute atomic E-state index is 12.7. The monoisotopic (exact) mass is 1590 g/mol. The fourth-order valence-electron chi connectivity index (χ4n) is 24.1. The third-order valence-electron chi connectivity index (χ3n) is 32.7. The van der Waals surface area contributed by atoms with Crippen LogP contribution in [0.2, 0.25) is 0 Å². The second-order valence-electron chi connectivity index (χ2n) is 41.0. The van der Waals surface area contributed by atoms with Crippen molar-refractivity contribution >= 4 is 35.8 Å². The summed E-state index contributed by atoms with van der Waals surface area (Å²) in [7, 11) is 0. The van der Waals surface area contributed by atoms with Gasteiger partial charge in [-0.1, -0.05) is 13.8 Å². The Bertz CT molecular complexity index is 3100. The van der Waals surface area contributed by atoms with Crippen molar-refractivity contribution in [2.75, 3.05) is 39.6 Å². The molecule has 1 spiro atoms. The third-order valence-corrected chi connectivity index (χ3v) is 32.7. The Morgan fingerprint density at radius 1 is 0.263 bits per heavy atom. The summed E-state index contributed by atoms with van der Waals surface area (Å²) in [6.07, 6.45) is 47.0. The van der Waals surface area contributed by atoms with Gasteiger partial charge in [0.25, 0.3) is 0 Å². The van der Waals surface area contributed by atoms with Crippen LogP contribution in [0.15, 0.2) is 0 Å². The fraction of sp³-hybridized carbons (Fsp3) is 0.934. The third kappa shape index (κ3) is 19.9. The number of carbonyl (C=O) groups excluding carboxylic acids is 6. The zero-order chi connectivity index (χ0) is 77.3. The van der Waals surface area contributed by atoms with Crippen LogP contribution in [-0.4, -0.2) is 198 Å². The lowest BCUT2D eigenvalue weighted by atomic mass is 9.60. The second kappa shape index (κ2) is 34.7. The zero-order valence-corrected chi connectivity index (χ0v) is 68.3. The molecular formula is C91H134O23. The van der Waals surface area contributed by atoms with Crippen LogP contribution in [0.4, 0.5) is 0 Å². The quantitative estimate of drug-likeness (QED) is 0.0700. The van der Waals surface area contributed by atoms with Gasteiger partial charge in [-0.3, -0.25) is 28.8 Å². The van der Waals surface area contributed by atoms with Gasteiger partial charge in [-0.05, 0) is 304 Å². The highest BCUT2D eigenvalue weighted by Gasteiger charge is 2.56. The normalized spacial score (nSPS) is 47.8. The van der Waals surface area contributed by atoms with E-state index in [1.165, 1.54) is 12.8 Å². The minimum Gasteiger partial charge on any atom is -0.465 e. The van der Waals surface area contributed by atoms with Crippen LogP contribution in [0.25, 0.3) is 0 Å². The Morgan fingerprint density at radius 3 is 0.825 bits per heavy atom. The summed E-state index contributed by atoms with van der Waals surface area (Å²) in [6, 6.07) is 0. The van der Waals surface area contributed by atoms with Crippen molar-refractivity contribution in [2.45, 2.75) is 400 Å². The molecule has 0 aromatic rings. The fourth-order valence-corrected chi connectivity index (χ4v) is 24.1. The minimum absolute atomic E-state index is 0.00259. The summed E-state index contributed by atoms with van der Waals surface area (Å²) in [6.45, 7) is 8.68. The number of carbonyl (C=O) groups is 6. The minimum atomic E-state index is -0.131. The van der Waals surface area contributed by atoms with Crippen LogP contribution in [-0.2, 0) is 109 Å². The highest BCUT2D eigenvalue weighted by atomic mass is 16.7. The molecule has 22 fully saturated rings. The molecule has 22 aliphatic rings. The summed E-state index contributed by atoms with van der Waals surface area (Å²) >= 11 is 0. The molecule has 114 heavy (non-hydrogen) atoms. The summed E-state index contributed by atoms with van der Waals surface area (Å²) in [5, 5.41) is 0. The molecule has 24 unspecified atom stereocenters. The van der Waals surface area contributed by atoms with Crippen LogP contribution >= 0.6 is 0 Å². The SMILES string of the molecule is C1CC2OC2CC1C1OCC2(CO1)COC(C1CCC3OC3C1)OC2.CC(C)(C1CCC(OC(=O)C2CCC3OC3C2)CC1)C1CCC(OC(=O)C2CCC3OC3C2)CC1.O=C(OC1CCC(OC(=O)C2CCC3OC3C2)CC1)C1CCC2CC2C1.O=C(OCC1CCC(COC(=O)C2CCC3OC3C2)CC1)C1CCC2OC2C1. The maximum atomic E-state index is 12.7. The largest absolute Gasteiger partial charge is 0.465 e. The van der Waals surface area contributed by atoms with E-state index in [-0.39, 0.29) is 119 Å². The predicted molar refractivity (Wildman–Crippen MR) is 408 cm³/mol. The van der Waals surface area contributed by atoms with Crippen molar-refractivity contribution in [1.82, 2.24) is 0 Å². The first-order valence-electron chi connectivity index (χ1n) is 46.7. The van der Waals surface area contributed by atoms with Crippen LogP contribution < -0.4 is 0 Å². The van der Waals surface area contributed by atoms with Gasteiger partial charge in [0.2, 0.25) is 0 Å². The highest BCUT2D eigenvalue weighted by Crippen LogP contribution is 2.54. The Kier molecular flexibility index (Phi) is 24.4. The molecule has 9 saturated heterocycles. The number of hydrogen-bond acceptors (Lipinski definition) is 23. The molecule has 636 valence electrons. The maximum Gasteiger partial charge on any atom is 0.309 e. The van der Waals surface area contributed by atoms with Gasteiger partial charge in [0.1, 0.15) is 24.4 Å². The number of epoxide rings is 7. The number of hydrogen-bond donors (Lipinski definition) is 0. The number of fused-ring (bicyclic) bond motifs is 8. The van der Waals surface area contributed by atoms with Gasteiger partial charge in [0, 0.05) is 11.8 Å². The molecule has 24 atom stereocenters. The highest BCUT2D eigenvalue weighted by molar-refractivity contribution is 5.75. The molecule has 0 radical (unpaired) electrons. The van der Waals surface area contributed by atoms with Gasteiger partial charge < -0.3 is 80.5 Å². The first-order valence-corrected chi connectivity index (χ1v) is 46.7. The number of esters is 6. The van der Waals surface area contributed by atoms with Crippen molar-refractivity contribution in [3.05, 3.63) is 0 Å². The van der Waals surface area contributed by atoms with Gasteiger partial charge in [-0.15, -0.1) is 0 Å². The molecule has 0 N–H and O–H groups in total. The van der Waals surface area contributed by atoms with Crippen molar-refractivity contribution in [3.8, 4) is 0 Å². The topological polar surface area (TPSA) is 282 Å². The van der Waals surface area contributed by atoms with E-state index in [1.54, 1.807) is 0 Å². The van der Waals surface area contributed by atoms with Gasteiger partial charge in [-0.2, -0.15) is 0 Å². The Labute approximate surface area is 674 Å². The number of ether oxygens (including phenoxy) is 17. The van der Waals surface area contributed by atoms with E-state index >= 15 is 0 Å². The van der Waals surface area contributed by atoms with Crippen molar-refractivity contribution < 1.29 is 109 Å². The molecule has 9 aliphatic heterocycles. The van der Waals surface area contributed by atoms with Gasteiger partial charge in [-0.25, -0.2) is 0 Å². The van der Waals surface area contributed by atoms with Crippen molar-refractivity contribution in [2.24, 2.45) is 93.7 Å². The second-order valence-corrected chi connectivity index (χ2v) is 41.0. The van der Waals surface area contributed by atoms with Crippen LogP contribution in [0.3, 0.4) is 0 Å². The van der Waals surface area contributed by atoms with Gasteiger partial charge in [0.05, 0.1) is 166 Å². The average molecular weight is 1600 g/mol. The van der Waals surface area contributed by atoms with Crippen LogP contribution in [0, 0.1) is 93.7 Å². The predicted octanol–water partition coefficient (Wildman–Crippen LogP) is 13.6. The molecule has 0 amide bonds. The summed E-state index contributed by atoms with van der Waals surface area (Å²) in [5.41, 5.74) is 0.140. The summed E-state index contributed by atoms with van der Waals surface area (Å²) in [4.78, 5) is 74.7. The van der Waals surface area contributed by atoms with E-state index in [4.69, 9.17) is 80.5 Å². The first kappa shape index (κ1) is 80.1. The van der Waals surface area contributed by atoms with Crippen LogP contribution in [0.5, 0.6) is 0 Å². The van der Waals surface area contributed by atoms with Crippen molar-refractivity contribution in [1.29, 1.82) is 0 Å². The number of rotatable bonds is 18. The smallest absolute Gasteiger partial charge is 0.309 e. The van der Waals surface area contributed by atoms with Crippen molar-refractivity contribution in [3.63, 3.8) is 0 Å². The molecular weight excluding hydrogens is 1460 g/mol. The Hall–Kier alpha value is -3.62. The zero-order valence-electron chi connectivity index (χ0n) is 68.3. The van der Waals surface area contributed by atoms with E-state index in [9.17, 15) is 28.8 Å². The lowest BCUT2D eigenvalue weighted by Gasteiger charge is -2.46.